The zero-order valence-electron chi connectivity index (χ0n) is 7.88. The summed E-state index contributed by atoms with van der Waals surface area (Å²) in [5.41, 5.74) is 1.43. The van der Waals surface area contributed by atoms with Crippen molar-refractivity contribution in [1.29, 1.82) is 0 Å². The van der Waals surface area contributed by atoms with Gasteiger partial charge in [0.1, 0.15) is 6.61 Å². The number of ether oxygens (including phenoxy) is 1. The number of carbonyl (C=O) groups excluding carboxylic acids is 1. The van der Waals surface area contributed by atoms with Crippen LogP contribution in [0.4, 0.5) is 0 Å². The molecule has 3 heteroatoms. The van der Waals surface area contributed by atoms with Crippen molar-refractivity contribution in [3.05, 3.63) is 11.6 Å². The molecule has 0 aromatic rings. The number of rotatable bonds is 2. The van der Waals surface area contributed by atoms with Crippen LogP contribution in [0.15, 0.2) is 11.6 Å². The SMILES string of the molecule is CC(=O)OCC=C1CCC(Br)CC1. The summed E-state index contributed by atoms with van der Waals surface area (Å²) < 4.78 is 4.84. The predicted octanol–water partition coefficient (Wildman–Crippen LogP) is 2.81. The van der Waals surface area contributed by atoms with E-state index in [4.69, 9.17) is 4.74 Å². The third-order valence-corrected chi connectivity index (χ3v) is 3.13. The van der Waals surface area contributed by atoms with Crippen LogP contribution in [0.3, 0.4) is 0 Å². The minimum absolute atomic E-state index is 0.203. The minimum Gasteiger partial charge on any atom is -0.462 e. The molecule has 13 heavy (non-hydrogen) atoms. The number of esters is 1. The van der Waals surface area contributed by atoms with Gasteiger partial charge in [0.15, 0.2) is 0 Å². The summed E-state index contributed by atoms with van der Waals surface area (Å²) in [4.78, 5) is 11.2. The number of halogens is 1. The Balaban J connectivity index is 2.23. The van der Waals surface area contributed by atoms with Crippen LogP contribution in [0.2, 0.25) is 0 Å². The van der Waals surface area contributed by atoms with Crippen molar-refractivity contribution < 1.29 is 9.53 Å². The Labute approximate surface area is 87.5 Å². The Morgan fingerprint density at radius 1 is 1.62 bits per heavy atom. The lowest BCUT2D eigenvalue weighted by molar-refractivity contribution is -0.139. The van der Waals surface area contributed by atoms with Crippen molar-refractivity contribution in [3.63, 3.8) is 0 Å². The molecule has 1 saturated carbocycles. The molecule has 2 nitrogen and oxygen atoms in total. The summed E-state index contributed by atoms with van der Waals surface area (Å²) in [6.45, 7) is 1.88. The summed E-state index contributed by atoms with van der Waals surface area (Å²) >= 11 is 3.59. The van der Waals surface area contributed by atoms with Crippen LogP contribution in [0.25, 0.3) is 0 Å². The van der Waals surface area contributed by atoms with Crippen molar-refractivity contribution in [2.24, 2.45) is 0 Å². The summed E-state index contributed by atoms with van der Waals surface area (Å²) in [5, 5.41) is 0. The number of allylic oxidation sites excluding steroid dienone is 1. The fraction of sp³-hybridized carbons (Fsp3) is 0.700. The van der Waals surface area contributed by atoms with Gasteiger partial charge in [-0.15, -0.1) is 0 Å². The highest BCUT2D eigenvalue weighted by molar-refractivity contribution is 9.09. The van der Waals surface area contributed by atoms with Crippen molar-refractivity contribution in [1.82, 2.24) is 0 Å². The molecule has 0 amide bonds. The Morgan fingerprint density at radius 3 is 2.77 bits per heavy atom. The van der Waals surface area contributed by atoms with Crippen molar-refractivity contribution >= 4 is 21.9 Å². The first kappa shape index (κ1) is 10.8. The first-order chi connectivity index (χ1) is 6.18. The Morgan fingerprint density at radius 2 is 2.23 bits per heavy atom. The molecule has 0 bridgehead atoms. The van der Waals surface area contributed by atoms with E-state index >= 15 is 0 Å². The van der Waals surface area contributed by atoms with Crippen molar-refractivity contribution in [3.8, 4) is 0 Å². The topological polar surface area (TPSA) is 26.3 Å². The van der Waals surface area contributed by atoms with Gasteiger partial charge in [0.05, 0.1) is 0 Å². The van der Waals surface area contributed by atoms with Gasteiger partial charge in [-0.05, 0) is 31.8 Å². The van der Waals surface area contributed by atoms with E-state index in [0.717, 1.165) is 12.8 Å². The fourth-order valence-electron chi connectivity index (χ4n) is 1.43. The van der Waals surface area contributed by atoms with Gasteiger partial charge in [0, 0.05) is 11.8 Å². The molecule has 0 aromatic heterocycles. The minimum atomic E-state index is -0.203. The lowest BCUT2D eigenvalue weighted by atomic mass is 9.95. The van der Waals surface area contributed by atoms with Gasteiger partial charge in [0.2, 0.25) is 0 Å². The van der Waals surface area contributed by atoms with E-state index < -0.39 is 0 Å². The summed E-state index contributed by atoms with van der Waals surface area (Å²) in [6, 6.07) is 0. The normalized spacial score (nSPS) is 22.6. The van der Waals surface area contributed by atoms with Gasteiger partial charge < -0.3 is 4.74 Å². The molecule has 1 fully saturated rings. The summed E-state index contributed by atoms with van der Waals surface area (Å²) in [7, 11) is 0. The quantitative estimate of drug-likeness (QED) is 0.426. The summed E-state index contributed by atoms with van der Waals surface area (Å²) in [5.74, 6) is -0.203. The number of alkyl halides is 1. The van der Waals surface area contributed by atoms with Crippen LogP contribution in [0, 0.1) is 0 Å². The molecular formula is C10H15BrO2. The molecule has 1 aliphatic carbocycles. The number of hydrogen-bond donors (Lipinski definition) is 0. The second kappa shape index (κ2) is 5.43. The smallest absolute Gasteiger partial charge is 0.302 e. The molecule has 0 atom stereocenters. The maximum Gasteiger partial charge on any atom is 0.302 e. The van der Waals surface area contributed by atoms with E-state index in [9.17, 15) is 4.79 Å². The zero-order valence-corrected chi connectivity index (χ0v) is 9.47. The first-order valence-electron chi connectivity index (χ1n) is 4.64. The average molecular weight is 247 g/mol. The maximum absolute atomic E-state index is 10.5. The molecule has 0 unspecified atom stereocenters. The van der Waals surface area contributed by atoms with E-state index in [1.165, 1.54) is 25.3 Å². The molecule has 1 aliphatic rings. The third kappa shape index (κ3) is 4.46. The lowest BCUT2D eigenvalue weighted by Gasteiger charge is -2.18. The van der Waals surface area contributed by atoms with E-state index in [0.29, 0.717) is 11.4 Å². The average Bonchev–Trinajstić information content (AvgIpc) is 2.08. The molecule has 0 radical (unpaired) electrons. The van der Waals surface area contributed by atoms with Crippen LogP contribution < -0.4 is 0 Å². The van der Waals surface area contributed by atoms with E-state index in [1.54, 1.807) is 0 Å². The Hall–Kier alpha value is -0.310. The van der Waals surface area contributed by atoms with Gasteiger partial charge in [-0.2, -0.15) is 0 Å². The predicted molar refractivity (Wildman–Crippen MR) is 55.9 cm³/mol. The largest absolute Gasteiger partial charge is 0.462 e. The van der Waals surface area contributed by atoms with E-state index in [1.807, 2.05) is 6.08 Å². The van der Waals surface area contributed by atoms with Crippen LogP contribution in [-0.4, -0.2) is 17.4 Å². The maximum atomic E-state index is 10.5. The Bertz CT molecular complexity index is 201. The molecule has 74 valence electrons. The van der Waals surface area contributed by atoms with Gasteiger partial charge in [-0.1, -0.05) is 21.5 Å². The molecule has 0 N–H and O–H groups in total. The third-order valence-electron chi connectivity index (χ3n) is 2.22. The van der Waals surface area contributed by atoms with E-state index in [2.05, 4.69) is 15.9 Å². The van der Waals surface area contributed by atoms with Crippen molar-refractivity contribution in [2.45, 2.75) is 37.4 Å². The number of hydrogen-bond acceptors (Lipinski definition) is 2. The van der Waals surface area contributed by atoms with E-state index in [-0.39, 0.29) is 5.97 Å². The molecular weight excluding hydrogens is 232 g/mol. The molecule has 0 saturated heterocycles. The van der Waals surface area contributed by atoms with Gasteiger partial charge in [0.25, 0.3) is 0 Å². The van der Waals surface area contributed by atoms with Crippen LogP contribution in [0.5, 0.6) is 0 Å². The highest BCUT2D eigenvalue weighted by atomic mass is 79.9. The monoisotopic (exact) mass is 246 g/mol. The molecule has 0 heterocycles. The molecule has 0 aromatic carbocycles. The van der Waals surface area contributed by atoms with Crippen LogP contribution in [0.1, 0.15) is 32.6 Å². The molecule has 1 rings (SSSR count). The highest BCUT2D eigenvalue weighted by Crippen LogP contribution is 2.27. The standard InChI is InChI=1S/C10H15BrO2/c1-8(12)13-7-6-9-2-4-10(11)5-3-9/h6,10H,2-5,7H2,1H3. The second-order valence-corrected chi connectivity index (χ2v) is 4.63. The molecule has 0 aliphatic heterocycles. The summed E-state index contributed by atoms with van der Waals surface area (Å²) in [6.07, 6.45) is 6.71. The van der Waals surface area contributed by atoms with Gasteiger partial charge in [-0.25, -0.2) is 0 Å². The first-order valence-corrected chi connectivity index (χ1v) is 5.55. The van der Waals surface area contributed by atoms with Crippen LogP contribution in [-0.2, 0) is 9.53 Å². The fourth-order valence-corrected chi connectivity index (χ4v) is 1.89. The molecule has 0 spiro atoms. The highest BCUT2D eigenvalue weighted by Gasteiger charge is 2.12. The van der Waals surface area contributed by atoms with Gasteiger partial charge >= 0.3 is 5.97 Å². The number of carbonyl (C=O) groups is 1. The van der Waals surface area contributed by atoms with Crippen LogP contribution >= 0.6 is 15.9 Å². The second-order valence-electron chi connectivity index (χ2n) is 3.34. The van der Waals surface area contributed by atoms with Gasteiger partial charge in [-0.3, -0.25) is 4.79 Å². The Kier molecular flexibility index (Phi) is 4.50. The zero-order chi connectivity index (χ0) is 9.68. The lowest BCUT2D eigenvalue weighted by Crippen LogP contribution is -2.07. The van der Waals surface area contributed by atoms with Crippen molar-refractivity contribution in [2.75, 3.05) is 6.61 Å².